The first kappa shape index (κ1) is 13.8. The monoisotopic (exact) mass is 266 g/mol. The number of aromatic nitrogens is 2. The summed E-state index contributed by atoms with van der Waals surface area (Å²) in [5.74, 6) is 1.01. The van der Waals surface area contributed by atoms with Crippen LogP contribution in [0.2, 0.25) is 0 Å². The highest BCUT2D eigenvalue weighted by Gasteiger charge is 2.64. The Bertz CT molecular complexity index is 517. The van der Waals surface area contributed by atoms with Crippen LogP contribution in [0.1, 0.15) is 33.4 Å². The van der Waals surface area contributed by atoms with E-state index in [0.29, 0.717) is 17.4 Å². The van der Waals surface area contributed by atoms with Gasteiger partial charge in [-0.25, -0.2) is 4.68 Å². The maximum absolute atomic E-state index is 11.1. The second-order valence-electron chi connectivity index (χ2n) is 6.54. The Morgan fingerprint density at radius 2 is 1.89 bits per heavy atom. The van der Waals surface area contributed by atoms with Crippen molar-refractivity contribution >= 4 is 11.5 Å². The normalized spacial score (nSPS) is 20.3. The molecular weight excluding hydrogens is 244 g/mol. The Kier molecular flexibility index (Phi) is 2.88. The second kappa shape index (κ2) is 3.95. The Balaban J connectivity index is 2.16. The van der Waals surface area contributed by atoms with Crippen LogP contribution in [-0.4, -0.2) is 21.2 Å². The summed E-state index contributed by atoms with van der Waals surface area (Å²) in [6.07, 6.45) is 0. The van der Waals surface area contributed by atoms with E-state index in [0.717, 1.165) is 6.54 Å². The van der Waals surface area contributed by atoms with Crippen molar-refractivity contribution in [2.75, 3.05) is 11.9 Å². The van der Waals surface area contributed by atoms with Gasteiger partial charge in [0.25, 0.3) is 0 Å². The number of nitro groups is 1. The number of anilines is 1. The molecule has 0 aliphatic heterocycles. The van der Waals surface area contributed by atoms with Gasteiger partial charge in [-0.05, 0) is 23.7 Å². The number of nitrogens with one attached hydrogen (secondary N) is 1. The molecule has 0 radical (unpaired) electrons. The van der Waals surface area contributed by atoms with Crippen molar-refractivity contribution in [3.63, 3.8) is 0 Å². The van der Waals surface area contributed by atoms with Gasteiger partial charge in [-0.2, -0.15) is 5.10 Å². The summed E-state index contributed by atoms with van der Waals surface area (Å²) >= 11 is 0. The number of aryl methyl sites for hydroxylation is 2. The molecule has 1 aromatic rings. The number of hydrogen-bond acceptors (Lipinski definition) is 4. The molecule has 0 amide bonds. The van der Waals surface area contributed by atoms with Crippen molar-refractivity contribution in [3.8, 4) is 0 Å². The fourth-order valence-electron chi connectivity index (χ4n) is 3.11. The SMILES string of the molecule is Cc1nn(C)c(NCC2C(C)(C)C2(C)C)c1[N+](=O)[O-]. The molecule has 0 aromatic carbocycles. The van der Waals surface area contributed by atoms with Crippen LogP contribution < -0.4 is 5.32 Å². The van der Waals surface area contributed by atoms with Crippen molar-refractivity contribution in [1.29, 1.82) is 0 Å². The van der Waals surface area contributed by atoms with Gasteiger partial charge in [0.2, 0.25) is 5.82 Å². The highest BCUT2D eigenvalue weighted by atomic mass is 16.6. The largest absolute Gasteiger partial charge is 0.364 e. The maximum Gasteiger partial charge on any atom is 0.333 e. The molecule has 1 heterocycles. The van der Waals surface area contributed by atoms with Crippen LogP contribution >= 0.6 is 0 Å². The molecule has 2 rings (SSSR count). The van der Waals surface area contributed by atoms with Crippen LogP contribution in [-0.2, 0) is 7.05 Å². The topological polar surface area (TPSA) is 73.0 Å². The van der Waals surface area contributed by atoms with Crippen molar-refractivity contribution in [2.24, 2.45) is 23.8 Å². The van der Waals surface area contributed by atoms with Crippen LogP contribution in [0.5, 0.6) is 0 Å². The van der Waals surface area contributed by atoms with Crippen LogP contribution in [0.15, 0.2) is 0 Å². The van der Waals surface area contributed by atoms with Gasteiger partial charge < -0.3 is 5.32 Å². The van der Waals surface area contributed by atoms with E-state index >= 15 is 0 Å². The summed E-state index contributed by atoms with van der Waals surface area (Å²) in [5, 5.41) is 18.4. The third kappa shape index (κ3) is 1.89. The Morgan fingerprint density at radius 3 is 2.32 bits per heavy atom. The lowest BCUT2D eigenvalue weighted by Crippen LogP contribution is -2.12. The second-order valence-corrected chi connectivity index (χ2v) is 6.54. The van der Waals surface area contributed by atoms with Gasteiger partial charge in [0, 0.05) is 13.6 Å². The van der Waals surface area contributed by atoms with E-state index in [1.54, 1.807) is 18.7 Å². The fourth-order valence-corrected chi connectivity index (χ4v) is 3.11. The molecule has 0 atom stereocenters. The summed E-state index contributed by atoms with van der Waals surface area (Å²) in [6.45, 7) is 11.4. The predicted molar refractivity (Wildman–Crippen MR) is 74.1 cm³/mol. The zero-order valence-corrected chi connectivity index (χ0v) is 12.4. The zero-order valence-electron chi connectivity index (χ0n) is 12.4. The minimum Gasteiger partial charge on any atom is -0.364 e. The molecule has 6 heteroatoms. The van der Waals surface area contributed by atoms with E-state index in [2.05, 4.69) is 38.1 Å². The average molecular weight is 266 g/mol. The quantitative estimate of drug-likeness (QED) is 0.671. The smallest absolute Gasteiger partial charge is 0.333 e. The van der Waals surface area contributed by atoms with Gasteiger partial charge in [-0.3, -0.25) is 10.1 Å². The van der Waals surface area contributed by atoms with Crippen LogP contribution in [0.4, 0.5) is 11.5 Å². The van der Waals surface area contributed by atoms with Gasteiger partial charge >= 0.3 is 5.69 Å². The number of rotatable bonds is 4. The zero-order chi connectivity index (χ0) is 14.6. The lowest BCUT2D eigenvalue weighted by Gasteiger charge is -2.07. The van der Waals surface area contributed by atoms with Crippen molar-refractivity contribution in [3.05, 3.63) is 15.8 Å². The lowest BCUT2D eigenvalue weighted by atomic mass is 10.0. The Hall–Kier alpha value is -1.59. The van der Waals surface area contributed by atoms with E-state index in [4.69, 9.17) is 0 Å². The van der Waals surface area contributed by atoms with E-state index < -0.39 is 0 Å². The van der Waals surface area contributed by atoms with E-state index in [9.17, 15) is 10.1 Å². The fraction of sp³-hybridized carbons (Fsp3) is 0.769. The summed E-state index contributed by atoms with van der Waals surface area (Å²) in [4.78, 5) is 10.7. The molecule has 1 aliphatic rings. The molecule has 0 unspecified atom stereocenters. The highest BCUT2D eigenvalue weighted by molar-refractivity contribution is 5.59. The predicted octanol–water partition coefficient (Wildman–Crippen LogP) is 2.73. The Morgan fingerprint density at radius 1 is 1.37 bits per heavy atom. The van der Waals surface area contributed by atoms with Crippen molar-refractivity contribution in [2.45, 2.75) is 34.6 Å². The molecule has 19 heavy (non-hydrogen) atoms. The summed E-state index contributed by atoms with van der Waals surface area (Å²) in [7, 11) is 1.73. The molecular formula is C13H22N4O2. The first-order chi connectivity index (χ1) is 8.60. The number of nitrogens with zero attached hydrogens (tertiary/aromatic N) is 3. The van der Waals surface area contributed by atoms with E-state index in [1.165, 1.54) is 0 Å². The molecule has 0 spiro atoms. The summed E-state index contributed by atoms with van der Waals surface area (Å²) < 4.78 is 1.55. The molecule has 106 valence electrons. The van der Waals surface area contributed by atoms with Gasteiger partial charge in [0.05, 0.1) is 4.92 Å². The van der Waals surface area contributed by atoms with Gasteiger partial charge in [0.1, 0.15) is 5.69 Å². The van der Waals surface area contributed by atoms with Crippen LogP contribution in [0.25, 0.3) is 0 Å². The highest BCUT2D eigenvalue weighted by Crippen LogP contribution is 2.68. The molecule has 6 nitrogen and oxygen atoms in total. The van der Waals surface area contributed by atoms with Crippen LogP contribution in [0, 0.1) is 33.8 Å². The van der Waals surface area contributed by atoms with Crippen molar-refractivity contribution in [1.82, 2.24) is 9.78 Å². The van der Waals surface area contributed by atoms with Gasteiger partial charge in [-0.1, -0.05) is 27.7 Å². The lowest BCUT2D eigenvalue weighted by molar-refractivity contribution is -0.384. The van der Waals surface area contributed by atoms with Gasteiger partial charge in [0.15, 0.2) is 0 Å². The van der Waals surface area contributed by atoms with Gasteiger partial charge in [-0.15, -0.1) is 0 Å². The molecule has 0 saturated heterocycles. The minimum atomic E-state index is -0.367. The Labute approximate surface area is 113 Å². The first-order valence-corrected chi connectivity index (χ1v) is 6.52. The molecule has 1 fully saturated rings. The summed E-state index contributed by atoms with van der Waals surface area (Å²) in [6, 6.07) is 0. The van der Waals surface area contributed by atoms with Crippen molar-refractivity contribution < 1.29 is 4.92 Å². The van der Waals surface area contributed by atoms with Crippen LogP contribution in [0.3, 0.4) is 0 Å². The van der Waals surface area contributed by atoms with E-state index in [1.807, 2.05) is 0 Å². The molecule has 0 bridgehead atoms. The maximum atomic E-state index is 11.1. The average Bonchev–Trinajstić information content (AvgIpc) is 2.49. The molecule has 1 aliphatic carbocycles. The summed E-state index contributed by atoms with van der Waals surface area (Å²) in [5.41, 5.74) is 1.06. The molecule has 1 aromatic heterocycles. The molecule has 1 N–H and O–H groups in total. The third-order valence-electron chi connectivity index (χ3n) is 5.17. The third-order valence-corrected chi connectivity index (χ3v) is 5.17. The minimum absolute atomic E-state index is 0.0822. The van der Waals surface area contributed by atoms with E-state index in [-0.39, 0.29) is 21.4 Å². The number of hydrogen-bond donors (Lipinski definition) is 1. The molecule has 1 saturated carbocycles. The standard InChI is InChI=1S/C13H22N4O2/c1-8-10(17(18)19)11(16(6)15-8)14-7-9-12(2,3)13(9,4)5/h9,14H,7H2,1-6H3. The first-order valence-electron chi connectivity index (χ1n) is 6.52.